The number of fused-ring (bicyclic) bond motifs is 1. The van der Waals surface area contributed by atoms with Crippen LogP contribution in [0.15, 0.2) is 54.7 Å². The first-order valence-corrected chi connectivity index (χ1v) is 14.4. The van der Waals surface area contributed by atoms with Gasteiger partial charge in [-0.15, -0.1) is 0 Å². The van der Waals surface area contributed by atoms with Crippen LogP contribution in [0.5, 0.6) is 0 Å². The summed E-state index contributed by atoms with van der Waals surface area (Å²) < 4.78 is 40.4. The van der Waals surface area contributed by atoms with Gasteiger partial charge in [0.15, 0.2) is 0 Å². The third-order valence-corrected chi connectivity index (χ3v) is 7.20. The Morgan fingerprint density at radius 2 is 1.34 bits per heavy atom. The molecular formula is C32H43F3N2O. The number of amides is 1. The van der Waals surface area contributed by atoms with Crippen molar-refractivity contribution in [1.29, 1.82) is 0 Å². The van der Waals surface area contributed by atoms with E-state index in [9.17, 15) is 18.0 Å². The molecule has 0 radical (unpaired) electrons. The normalized spacial score (nSPS) is 11.8. The highest BCUT2D eigenvalue weighted by molar-refractivity contribution is 5.93. The molecule has 1 N–H and O–H groups in total. The molecule has 0 unspecified atom stereocenters. The van der Waals surface area contributed by atoms with Gasteiger partial charge in [0.2, 0.25) is 5.91 Å². The standard InChI is InChI=1S/C32H43F3N2O/c1-2-3-4-5-6-7-8-9-10-11-12-13-14-15-31(38)36-29-20-21-30-27(24-29)22-23-37(30)25-26-16-18-28(19-17-26)32(33,34)35/h16-24H,2-15,25H2,1H3,(H,36,38). The first-order valence-electron chi connectivity index (χ1n) is 14.4. The summed E-state index contributed by atoms with van der Waals surface area (Å²) in [7, 11) is 0. The fourth-order valence-corrected chi connectivity index (χ4v) is 4.94. The van der Waals surface area contributed by atoms with Crippen LogP contribution in [0.25, 0.3) is 10.9 Å². The minimum atomic E-state index is -4.33. The van der Waals surface area contributed by atoms with Gasteiger partial charge in [-0.2, -0.15) is 13.2 Å². The minimum absolute atomic E-state index is 0.0385. The fourth-order valence-electron chi connectivity index (χ4n) is 4.94. The summed E-state index contributed by atoms with van der Waals surface area (Å²) in [5, 5.41) is 3.98. The lowest BCUT2D eigenvalue weighted by atomic mass is 10.0. The summed E-state index contributed by atoms with van der Waals surface area (Å²) in [5.41, 5.74) is 1.90. The summed E-state index contributed by atoms with van der Waals surface area (Å²) in [6, 6.07) is 13.0. The van der Waals surface area contributed by atoms with Crippen molar-refractivity contribution in [1.82, 2.24) is 4.57 Å². The number of carbonyl (C=O) groups excluding carboxylic acids is 1. The average Bonchev–Trinajstić information content (AvgIpc) is 3.28. The topological polar surface area (TPSA) is 34.0 Å². The maximum absolute atomic E-state index is 12.8. The number of anilines is 1. The molecule has 1 aromatic heterocycles. The highest BCUT2D eigenvalue weighted by Crippen LogP contribution is 2.29. The van der Waals surface area contributed by atoms with Crippen LogP contribution in [-0.4, -0.2) is 10.5 Å². The monoisotopic (exact) mass is 528 g/mol. The van der Waals surface area contributed by atoms with Crippen LogP contribution >= 0.6 is 0 Å². The van der Waals surface area contributed by atoms with Gasteiger partial charge in [-0.05, 0) is 48.4 Å². The van der Waals surface area contributed by atoms with Gasteiger partial charge in [0.05, 0.1) is 5.56 Å². The first-order chi connectivity index (χ1) is 18.4. The molecule has 6 heteroatoms. The van der Waals surface area contributed by atoms with Gasteiger partial charge in [0.25, 0.3) is 0 Å². The van der Waals surface area contributed by atoms with Crippen molar-refractivity contribution in [2.45, 2.75) is 110 Å². The number of unbranched alkanes of at least 4 members (excludes halogenated alkanes) is 12. The van der Waals surface area contributed by atoms with Crippen LogP contribution in [0.1, 0.15) is 108 Å². The average molecular weight is 529 g/mol. The number of benzene rings is 2. The molecule has 0 aliphatic heterocycles. The number of halogens is 3. The highest BCUT2D eigenvalue weighted by Gasteiger charge is 2.29. The van der Waals surface area contributed by atoms with E-state index in [1.54, 1.807) is 0 Å². The second kappa shape index (κ2) is 15.6. The quantitative estimate of drug-likeness (QED) is 0.174. The van der Waals surface area contributed by atoms with Gasteiger partial charge in [-0.1, -0.05) is 96.1 Å². The van der Waals surface area contributed by atoms with E-state index in [2.05, 4.69) is 12.2 Å². The molecule has 0 fully saturated rings. The lowest BCUT2D eigenvalue weighted by molar-refractivity contribution is -0.137. The van der Waals surface area contributed by atoms with Crippen molar-refractivity contribution in [2.24, 2.45) is 0 Å². The Kier molecular flexibility index (Phi) is 12.2. The highest BCUT2D eigenvalue weighted by atomic mass is 19.4. The Morgan fingerprint density at radius 3 is 1.92 bits per heavy atom. The maximum Gasteiger partial charge on any atom is 0.416 e. The molecule has 0 aliphatic rings. The molecule has 3 rings (SSSR count). The second-order valence-corrected chi connectivity index (χ2v) is 10.5. The van der Waals surface area contributed by atoms with E-state index >= 15 is 0 Å². The number of rotatable bonds is 17. The van der Waals surface area contributed by atoms with E-state index in [0.717, 1.165) is 47.1 Å². The molecular weight excluding hydrogens is 485 g/mol. The first kappa shape index (κ1) is 29.8. The third kappa shape index (κ3) is 10.2. The van der Waals surface area contributed by atoms with E-state index in [-0.39, 0.29) is 5.91 Å². The minimum Gasteiger partial charge on any atom is -0.343 e. The van der Waals surface area contributed by atoms with Gasteiger partial charge in [-0.25, -0.2) is 0 Å². The zero-order chi connectivity index (χ0) is 27.2. The Bertz CT molecular complexity index is 1100. The zero-order valence-electron chi connectivity index (χ0n) is 22.8. The van der Waals surface area contributed by atoms with Crippen LogP contribution < -0.4 is 5.32 Å². The largest absolute Gasteiger partial charge is 0.416 e. The molecule has 1 heterocycles. The van der Waals surface area contributed by atoms with Crippen LogP contribution in [0, 0.1) is 0 Å². The number of nitrogens with one attached hydrogen (secondary N) is 1. The molecule has 0 saturated heterocycles. The molecule has 0 saturated carbocycles. The van der Waals surface area contributed by atoms with Crippen LogP contribution in [0.3, 0.4) is 0 Å². The Morgan fingerprint density at radius 1 is 0.763 bits per heavy atom. The van der Waals surface area contributed by atoms with Gasteiger partial charge in [-0.3, -0.25) is 4.79 Å². The number of aromatic nitrogens is 1. The summed E-state index contributed by atoms with van der Waals surface area (Å²) in [6.45, 7) is 2.74. The zero-order valence-corrected chi connectivity index (χ0v) is 22.8. The second-order valence-electron chi connectivity index (χ2n) is 10.5. The van der Waals surface area contributed by atoms with Crippen LogP contribution in [0.4, 0.5) is 18.9 Å². The third-order valence-electron chi connectivity index (χ3n) is 7.20. The van der Waals surface area contributed by atoms with Crippen molar-refractivity contribution >= 4 is 22.5 Å². The molecule has 0 spiro atoms. The number of alkyl halides is 3. The molecule has 1 amide bonds. The van der Waals surface area contributed by atoms with E-state index in [1.165, 1.54) is 82.8 Å². The van der Waals surface area contributed by atoms with Gasteiger partial charge < -0.3 is 9.88 Å². The van der Waals surface area contributed by atoms with Crippen molar-refractivity contribution in [3.05, 3.63) is 65.9 Å². The molecule has 3 nitrogen and oxygen atoms in total. The predicted octanol–water partition coefficient (Wildman–Crippen LogP) is 10.1. The predicted molar refractivity (Wildman–Crippen MR) is 151 cm³/mol. The molecule has 0 atom stereocenters. The molecule has 38 heavy (non-hydrogen) atoms. The Balaban J connectivity index is 1.32. The summed E-state index contributed by atoms with van der Waals surface area (Å²) in [6.07, 6.45) is 14.8. The number of carbonyl (C=O) groups is 1. The SMILES string of the molecule is CCCCCCCCCCCCCCCC(=O)Nc1ccc2c(ccn2Cc2ccc(C(F)(F)F)cc2)c1. The maximum atomic E-state index is 12.8. The van der Waals surface area contributed by atoms with E-state index < -0.39 is 11.7 Å². The van der Waals surface area contributed by atoms with Gasteiger partial charge in [0, 0.05) is 35.8 Å². The van der Waals surface area contributed by atoms with Crippen LogP contribution in [-0.2, 0) is 17.5 Å². The summed E-state index contributed by atoms with van der Waals surface area (Å²) in [5.74, 6) is 0.0385. The number of hydrogen-bond acceptors (Lipinski definition) is 1. The van der Waals surface area contributed by atoms with E-state index in [0.29, 0.717) is 13.0 Å². The summed E-state index contributed by atoms with van der Waals surface area (Å²) in [4.78, 5) is 12.4. The smallest absolute Gasteiger partial charge is 0.343 e. The summed E-state index contributed by atoms with van der Waals surface area (Å²) >= 11 is 0. The molecule has 0 aliphatic carbocycles. The molecule has 2 aromatic carbocycles. The Labute approximate surface area is 225 Å². The van der Waals surface area contributed by atoms with E-state index in [1.807, 2.05) is 35.0 Å². The lowest BCUT2D eigenvalue weighted by Crippen LogP contribution is -2.11. The van der Waals surface area contributed by atoms with Gasteiger partial charge >= 0.3 is 6.18 Å². The lowest BCUT2D eigenvalue weighted by Gasteiger charge is -2.10. The molecule has 3 aromatic rings. The van der Waals surface area contributed by atoms with Crippen molar-refractivity contribution < 1.29 is 18.0 Å². The van der Waals surface area contributed by atoms with Gasteiger partial charge in [0.1, 0.15) is 0 Å². The van der Waals surface area contributed by atoms with E-state index in [4.69, 9.17) is 0 Å². The van der Waals surface area contributed by atoms with Crippen LogP contribution in [0.2, 0.25) is 0 Å². The van der Waals surface area contributed by atoms with Crippen molar-refractivity contribution in [3.63, 3.8) is 0 Å². The number of hydrogen-bond donors (Lipinski definition) is 1. The molecule has 208 valence electrons. The van der Waals surface area contributed by atoms with Crippen molar-refractivity contribution in [2.75, 3.05) is 5.32 Å². The van der Waals surface area contributed by atoms with Crippen molar-refractivity contribution in [3.8, 4) is 0 Å². The Hall–Kier alpha value is -2.76. The fraction of sp³-hybridized carbons (Fsp3) is 0.531. The molecule has 0 bridgehead atoms. The number of nitrogens with zero attached hydrogens (tertiary/aromatic N) is 1.